The summed E-state index contributed by atoms with van der Waals surface area (Å²) in [7, 11) is 1.60. The minimum absolute atomic E-state index is 0.221. The van der Waals surface area contributed by atoms with Crippen LogP contribution in [0.5, 0.6) is 11.6 Å². The van der Waals surface area contributed by atoms with Crippen molar-refractivity contribution in [3.8, 4) is 11.6 Å². The molecule has 0 saturated carbocycles. The van der Waals surface area contributed by atoms with Crippen LogP contribution in [0, 0.1) is 6.92 Å². The van der Waals surface area contributed by atoms with Gasteiger partial charge in [-0.1, -0.05) is 12.1 Å². The molecular weight excluding hydrogens is 340 g/mol. The van der Waals surface area contributed by atoms with Gasteiger partial charge in [0.15, 0.2) is 0 Å². The molecule has 1 saturated heterocycles. The normalized spacial score (nSPS) is 22.4. The van der Waals surface area contributed by atoms with Crippen molar-refractivity contribution in [3.63, 3.8) is 0 Å². The first kappa shape index (κ1) is 18.4. The van der Waals surface area contributed by atoms with Crippen LogP contribution in [0.1, 0.15) is 23.8 Å². The first-order valence-corrected chi connectivity index (χ1v) is 8.31. The van der Waals surface area contributed by atoms with Gasteiger partial charge in [-0.15, -0.1) is 0 Å². The number of rotatable bonds is 6. The Bertz CT molecular complexity index is 804. The van der Waals surface area contributed by atoms with Gasteiger partial charge in [-0.25, -0.2) is 4.79 Å². The average molecular weight is 362 g/mol. The highest BCUT2D eigenvalue weighted by molar-refractivity contribution is 5.27. The van der Waals surface area contributed by atoms with E-state index in [-0.39, 0.29) is 25.5 Å². The van der Waals surface area contributed by atoms with Crippen LogP contribution >= 0.6 is 0 Å². The molecule has 1 aliphatic heterocycles. The summed E-state index contributed by atoms with van der Waals surface area (Å²) < 4.78 is 17.6. The topological polar surface area (TPSA) is 103 Å². The van der Waals surface area contributed by atoms with Crippen LogP contribution in [0.3, 0.4) is 0 Å². The van der Waals surface area contributed by atoms with Crippen LogP contribution in [0.25, 0.3) is 0 Å². The van der Waals surface area contributed by atoms with Crippen molar-refractivity contribution >= 4 is 0 Å². The molecule has 1 fully saturated rings. The Morgan fingerprint density at radius 2 is 2.08 bits per heavy atom. The van der Waals surface area contributed by atoms with Crippen LogP contribution in [-0.4, -0.2) is 45.7 Å². The second-order valence-corrected chi connectivity index (χ2v) is 6.17. The Labute approximate surface area is 150 Å². The van der Waals surface area contributed by atoms with Crippen molar-refractivity contribution in [2.24, 2.45) is 0 Å². The van der Waals surface area contributed by atoms with E-state index in [1.807, 2.05) is 24.3 Å². The molecule has 0 radical (unpaired) electrons. The van der Waals surface area contributed by atoms with Crippen LogP contribution in [0.2, 0.25) is 0 Å². The predicted octanol–water partition coefficient (Wildman–Crippen LogP) is 0.780. The number of ether oxygens (including phenoxy) is 3. The summed E-state index contributed by atoms with van der Waals surface area (Å²) >= 11 is 0. The molecule has 26 heavy (non-hydrogen) atoms. The molecule has 1 aliphatic rings. The minimum Gasteiger partial charge on any atom is -0.497 e. The molecule has 0 amide bonds. The zero-order valence-corrected chi connectivity index (χ0v) is 14.7. The largest absolute Gasteiger partial charge is 0.497 e. The lowest BCUT2D eigenvalue weighted by molar-refractivity contribution is -0.0460. The molecule has 1 aromatic carbocycles. The maximum atomic E-state index is 12.3. The van der Waals surface area contributed by atoms with Crippen LogP contribution in [0.4, 0.5) is 0 Å². The fourth-order valence-electron chi connectivity index (χ4n) is 2.83. The van der Waals surface area contributed by atoms with E-state index < -0.39 is 24.1 Å². The Kier molecular flexibility index (Phi) is 5.55. The summed E-state index contributed by atoms with van der Waals surface area (Å²) in [4.78, 5) is 16.3. The molecule has 1 aromatic heterocycles. The van der Waals surface area contributed by atoms with E-state index in [4.69, 9.17) is 19.3 Å². The molecule has 3 atom stereocenters. The number of aryl methyl sites for hydroxylation is 1. The van der Waals surface area contributed by atoms with Gasteiger partial charge in [0.25, 0.3) is 0 Å². The average Bonchev–Trinajstić information content (AvgIpc) is 3.03. The number of hydrogen-bond acceptors (Lipinski definition) is 7. The molecule has 8 nitrogen and oxygen atoms in total. The van der Waals surface area contributed by atoms with Crippen molar-refractivity contribution in [3.05, 3.63) is 52.1 Å². The van der Waals surface area contributed by atoms with Gasteiger partial charge in [0, 0.05) is 18.2 Å². The summed E-state index contributed by atoms with van der Waals surface area (Å²) in [6, 6.07) is 7.41. The van der Waals surface area contributed by atoms with Crippen LogP contribution in [-0.2, 0) is 11.3 Å². The van der Waals surface area contributed by atoms with Gasteiger partial charge >= 0.3 is 5.69 Å². The lowest BCUT2D eigenvalue weighted by atomic mass is 10.2. The highest BCUT2D eigenvalue weighted by Crippen LogP contribution is 2.28. The highest BCUT2D eigenvalue weighted by atomic mass is 16.5. The third-order valence-electron chi connectivity index (χ3n) is 4.32. The summed E-state index contributed by atoms with van der Waals surface area (Å²) in [6.45, 7) is 1.75. The van der Waals surface area contributed by atoms with Crippen molar-refractivity contribution in [1.29, 1.82) is 0 Å². The predicted molar refractivity (Wildman–Crippen MR) is 92.2 cm³/mol. The number of methoxy groups -OCH3 is 1. The number of aliphatic hydroxyl groups excluding tert-OH is 2. The standard InChI is InChI=1S/C18H22N2O6/c1-11-8-20(16-7-14(22)15(9-21)26-16)18(23)19-17(11)25-10-12-3-5-13(24-2)6-4-12/h3-6,8,14-16,21-22H,7,9-10H2,1-2H3. The number of hydrogen-bond donors (Lipinski definition) is 2. The van der Waals surface area contributed by atoms with Gasteiger partial charge in [0.2, 0.25) is 5.88 Å². The molecular formula is C18H22N2O6. The smallest absolute Gasteiger partial charge is 0.352 e. The second kappa shape index (κ2) is 7.86. The summed E-state index contributed by atoms with van der Waals surface area (Å²) in [6.07, 6.45) is -0.355. The molecule has 0 aliphatic carbocycles. The van der Waals surface area contributed by atoms with Crippen molar-refractivity contribution in [2.75, 3.05) is 13.7 Å². The summed E-state index contributed by atoms with van der Waals surface area (Å²) in [5.74, 6) is 1.00. The zero-order valence-electron chi connectivity index (χ0n) is 14.7. The molecule has 0 bridgehead atoms. The van der Waals surface area contributed by atoms with Crippen LogP contribution < -0.4 is 15.2 Å². The Balaban J connectivity index is 1.72. The van der Waals surface area contributed by atoms with Gasteiger partial charge in [0.05, 0.1) is 19.8 Å². The maximum Gasteiger partial charge on any atom is 0.352 e. The minimum atomic E-state index is -0.816. The fraction of sp³-hybridized carbons (Fsp3) is 0.444. The zero-order chi connectivity index (χ0) is 18.7. The quantitative estimate of drug-likeness (QED) is 0.783. The number of aromatic nitrogens is 2. The van der Waals surface area contributed by atoms with E-state index in [9.17, 15) is 9.90 Å². The third-order valence-corrected chi connectivity index (χ3v) is 4.32. The van der Waals surface area contributed by atoms with Crippen molar-refractivity contribution in [2.45, 2.75) is 38.4 Å². The molecule has 2 heterocycles. The monoisotopic (exact) mass is 362 g/mol. The first-order chi connectivity index (χ1) is 12.5. The molecule has 140 valence electrons. The van der Waals surface area contributed by atoms with E-state index in [2.05, 4.69) is 4.98 Å². The van der Waals surface area contributed by atoms with E-state index in [0.29, 0.717) is 5.56 Å². The van der Waals surface area contributed by atoms with E-state index in [0.717, 1.165) is 11.3 Å². The van der Waals surface area contributed by atoms with Gasteiger partial charge in [0.1, 0.15) is 24.7 Å². The molecule has 3 unspecified atom stereocenters. The van der Waals surface area contributed by atoms with Gasteiger partial charge in [-0.2, -0.15) is 4.98 Å². The second-order valence-electron chi connectivity index (χ2n) is 6.17. The van der Waals surface area contributed by atoms with E-state index >= 15 is 0 Å². The molecule has 2 N–H and O–H groups in total. The van der Waals surface area contributed by atoms with E-state index in [1.165, 1.54) is 4.57 Å². The fourth-order valence-corrected chi connectivity index (χ4v) is 2.83. The summed E-state index contributed by atoms with van der Waals surface area (Å²) in [5, 5.41) is 19.0. The van der Waals surface area contributed by atoms with Crippen molar-refractivity contribution < 1.29 is 24.4 Å². The maximum absolute atomic E-state index is 12.3. The lowest BCUT2D eigenvalue weighted by Crippen LogP contribution is -2.28. The number of aliphatic hydroxyl groups is 2. The number of nitrogens with zero attached hydrogens (tertiary/aromatic N) is 2. The van der Waals surface area contributed by atoms with Gasteiger partial charge in [-0.3, -0.25) is 4.57 Å². The van der Waals surface area contributed by atoms with Gasteiger partial charge in [-0.05, 0) is 24.6 Å². The third kappa shape index (κ3) is 3.87. The molecule has 0 spiro atoms. The first-order valence-electron chi connectivity index (χ1n) is 8.31. The molecule has 8 heteroatoms. The highest BCUT2D eigenvalue weighted by Gasteiger charge is 2.35. The lowest BCUT2D eigenvalue weighted by Gasteiger charge is -2.16. The Hall–Kier alpha value is -2.42. The van der Waals surface area contributed by atoms with Crippen LogP contribution in [0.15, 0.2) is 35.3 Å². The summed E-state index contributed by atoms with van der Waals surface area (Å²) in [5.41, 5.74) is 1.06. The molecule has 3 rings (SSSR count). The Morgan fingerprint density at radius 3 is 2.69 bits per heavy atom. The number of benzene rings is 1. The van der Waals surface area contributed by atoms with Crippen molar-refractivity contribution in [1.82, 2.24) is 9.55 Å². The van der Waals surface area contributed by atoms with Gasteiger partial charge < -0.3 is 24.4 Å². The van der Waals surface area contributed by atoms with E-state index in [1.54, 1.807) is 20.2 Å². The SMILES string of the molecule is COc1ccc(COc2nc(=O)n(C3CC(O)C(CO)O3)cc2C)cc1. The Morgan fingerprint density at radius 1 is 1.35 bits per heavy atom. The molecule has 2 aromatic rings.